The van der Waals surface area contributed by atoms with Crippen molar-refractivity contribution in [3.8, 4) is 0 Å². The first-order chi connectivity index (χ1) is 47.0. The lowest BCUT2D eigenvalue weighted by Gasteiger charge is -2.21. The zero-order valence-electron chi connectivity index (χ0n) is 62.7. The van der Waals surface area contributed by atoms with Crippen LogP contribution in [-0.4, -0.2) is 96.7 Å². The number of aliphatic hydroxyl groups excluding tert-OH is 1. The van der Waals surface area contributed by atoms with Crippen LogP contribution < -0.4 is 0 Å². The van der Waals surface area contributed by atoms with E-state index < -0.39 is 97.5 Å². The molecule has 0 bridgehead atoms. The smallest absolute Gasteiger partial charge is 0.462 e. The Morgan fingerprint density at radius 1 is 0.320 bits per heavy atom. The second kappa shape index (κ2) is 70.6. The van der Waals surface area contributed by atoms with Crippen LogP contribution in [0, 0.1) is 5.92 Å². The number of esters is 4. The van der Waals surface area contributed by atoms with Gasteiger partial charge in [0.1, 0.15) is 19.3 Å². The van der Waals surface area contributed by atoms with Gasteiger partial charge in [-0.2, -0.15) is 0 Å². The number of unbranched alkanes of at least 4 members (excludes halogenated alkanes) is 45. The average Bonchev–Trinajstić information content (AvgIpc) is 1.22. The number of hydrogen-bond acceptors (Lipinski definition) is 15. The van der Waals surface area contributed by atoms with Crippen LogP contribution in [0.25, 0.3) is 0 Å². The number of rotatable bonds is 76. The first-order valence-corrected chi connectivity index (χ1v) is 42.9. The third kappa shape index (κ3) is 71.7. The van der Waals surface area contributed by atoms with Crippen LogP contribution in [0.5, 0.6) is 0 Å². The maximum Gasteiger partial charge on any atom is 0.472 e. The van der Waals surface area contributed by atoms with Gasteiger partial charge in [0.05, 0.1) is 26.4 Å². The Balaban J connectivity index is 5.28. The fraction of sp³-hybridized carbons (Fsp3) is 0.897. The second-order valence-electron chi connectivity index (χ2n) is 27.9. The van der Waals surface area contributed by atoms with Crippen molar-refractivity contribution in [3.05, 3.63) is 24.3 Å². The number of carbonyl (C=O) groups excluding carboxylic acids is 4. The van der Waals surface area contributed by atoms with E-state index in [1.165, 1.54) is 193 Å². The summed E-state index contributed by atoms with van der Waals surface area (Å²) in [6, 6.07) is 0. The Labute approximate surface area is 592 Å². The van der Waals surface area contributed by atoms with Crippen LogP contribution >= 0.6 is 15.6 Å². The van der Waals surface area contributed by atoms with Gasteiger partial charge in [-0.05, 0) is 57.3 Å². The van der Waals surface area contributed by atoms with E-state index in [0.29, 0.717) is 25.7 Å². The van der Waals surface area contributed by atoms with Gasteiger partial charge in [0, 0.05) is 25.7 Å². The van der Waals surface area contributed by atoms with Crippen molar-refractivity contribution in [1.29, 1.82) is 0 Å². The van der Waals surface area contributed by atoms with E-state index in [-0.39, 0.29) is 25.7 Å². The minimum Gasteiger partial charge on any atom is -0.462 e. The van der Waals surface area contributed by atoms with Crippen molar-refractivity contribution >= 4 is 39.5 Å². The summed E-state index contributed by atoms with van der Waals surface area (Å²) < 4.78 is 68.6. The summed E-state index contributed by atoms with van der Waals surface area (Å²) in [4.78, 5) is 72.9. The molecule has 19 heteroatoms. The number of aliphatic hydroxyl groups is 1. The predicted octanol–water partition coefficient (Wildman–Crippen LogP) is 22.8. The van der Waals surface area contributed by atoms with E-state index in [2.05, 4.69) is 58.9 Å². The maximum atomic E-state index is 13.1. The van der Waals surface area contributed by atoms with Gasteiger partial charge in [0.25, 0.3) is 0 Å². The number of phosphoric ester groups is 2. The average molecular weight is 1420 g/mol. The van der Waals surface area contributed by atoms with E-state index >= 15 is 0 Å². The topological polar surface area (TPSA) is 237 Å². The predicted molar refractivity (Wildman–Crippen MR) is 395 cm³/mol. The molecule has 0 saturated carbocycles. The Morgan fingerprint density at radius 3 is 0.845 bits per heavy atom. The molecule has 2 unspecified atom stereocenters. The molecule has 0 saturated heterocycles. The molecule has 0 amide bonds. The third-order valence-electron chi connectivity index (χ3n) is 17.7. The van der Waals surface area contributed by atoms with Gasteiger partial charge in [0.15, 0.2) is 12.2 Å². The minimum absolute atomic E-state index is 0.101. The third-order valence-corrected chi connectivity index (χ3v) is 19.6. The van der Waals surface area contributed by atoms with Crippen LogP contribution in [0.4, 0.5) is 0 Å². The SMILES string of the molecule is CCCCCC/C=C\C=C/CCCCCCCC(=O)OC[C@H](COP(=O)(O)OC[C@@H](O)COP(=O)(O)OC[C@@H](COC(=O)CCCCCCCCCCCCC)OC(=O)CCCCCCCCCCCCCCC)OC(=O)CCCCCCCCCCCCCCCCCC(C)C. The zero-order valence-corrected chi connectivity index (χ0v) is 64.5. The Morgan fingerprint density at radius 2 is 0.557 bits per heavy atom. The van der Waals surface area contributed by atoms with E-state index in [4.69, 9.17) is 37.0 Å². The second-order valence-corrected chi connectivity index (χ2v) is 30.8. The lowest BCUT2D eigenvalue weighted by molar-refractivity contribution is -0.161. The summed E-state index contributed by atoms with van der Waals surface area (Å²) in [6.45, 7) is 7.27. The number of carbonyl (C=O) groups is 4. The van der Waals surface area contributed by atoms with Gasteiger partial charge < -0.3 is 33.8 Å². The number of phosphoric acid groups is 2. The quantitative estimate of drug-likeness (QED) is 0.0169. The van der Waals surface area contributed by atoms with Crippen molar-refractivity contribution in [2.24, 2.45) is 5.92 Å². The van der Waals surface area contributed by atoms with Gasteiger partial charge in [-0.15, -0.1) is 0 Å². The van der Waals surface area contributed by atoms with E-state index in [1.807, 2.05) is 0 Å². The van der Waals surface area contributed by atoms with Crippen LogP contribution in [0.2, 0.25) is 0 Å². The molecule has 0 aliphatic heterocycles. The first-order valence-electron chi connectivity index (χ1n) is 40.0. The Bertz CT molecular complexity index is 1950. The van der Waals surface area contributed by atoms with Crippen LogP contribution in [0.3, 0.4) is 0 Å². The summed E-state index contributed by atoms with van der Waals surface area (Å²) in [5.74, 6) is -1.34. The summed E-state index contributed by atoms with van der Waals surface area (Å²) in [7, 11) is -9.92. The molecule has 97 heavy (non-hydrogen) atoms. The molecule has 0 rings (SSSR count). The molecule has 17 nitrogen and oxygen atoms in total. The lowest BCUT2D eigenvalue weighted by atomic mass is 10.0. The van der Waals surface area contributed by atoms with Gasteiger partial charge >= 0.3 is 39.5 Å². The molecule has 0 heterocycles. The molecule has 5 atom stereocenters. The van der Waals surface area contributed by atoms with Crippen molar-refractivity contribution in [1.82, 2.24) is 0 Å². The van der Waals surface area contributed by atoms with E-state index in [9.17, 15) is 43.2 Å². The number of ether oxygens (including phenoxy) is 4. The van der Waals surface area contributed by atoms with Gasteiger partial charge in [-0.1, -0.05) is 335 Å². The van der Waals surface area contributed by atoms with Gasteiger partial charge in [-0.3, -0.25) is 37.3 Å². The summed E-state index contributed by atoms with van der Waals surface area (Å²) in [6.07, 6.45) is 63.1. The van der Waals surface area contributed by atoms with Crippen molar-refractivity contribution in [3.63, 3.8) is 0 Å². The van der Waals surface area contributed by atoms with Crippen LogP contribution in [-0.2, 0) is 65.4 Å². The molecule has 572 valence electrons. The van der Waals surface area contributed by atoms with Crippen LogP contribution in [0.1, 0.15) is 388 Å². The Hall–Kier alpha value is -2.46. The molecule has 0 aliphatic carbocycles. The number of allylic oxidation sites excluding steroid dienone is 4. The maximum absolute atomic E-state index is 13.1. The first kappa shape index (κ1) is 94.5. The van der Waals surface area contributed by atoms with E-state index in [1.54, 1.807) is 0 Å². The molecule has 0 fully saturated rings. The highest BCUT2D eigenvalue weighted by Crippen LogP contribution is 2.45. The molecule has 0 radical (unpaired) electrons. The van der Waals surface area contributed by atoms with E-state index in [0.717, 1.165) is 115 Å². The molecule has 0 aliphatic rings. The largest absolute Gasteiger partial charge is 0.472 e. The summed E-state index contributed by atoms with van der Waals surface area (Å²) >= 11 is 0. The van der Waals surface area contributed by atoms with Crippen molar-refractivity contribution in [2.45, 2.75) is 406 Å². The highest BCUT2D eigenvalue weighted by Gasteiger charge is 2.30. The van der Waals surface area contributed by atoms with Crippen molar-refractivity contribution < 1.29 is 80.2 Å². The fourth-order valence-electron chi connectivity index (χ4n) is 11.5. The number of hydrogen-bond donors (Lipinski definition) is 3. The molecular formula is C78H148O17P2. The van der Waals surface area contributed by atoms with Crippen molar-refractivity contribution in [2.75, 3.05) is 39.6 Å². The van der Waals surface area contributed by atoms with Gasteiger partial charge in [0.2, 0.25) is 0 Å². The molecule has 0 aromatic heterocycles. The standard InChI is InChI=1S/C78H148O17P2/c1-6-9-12-15-18-21-24-26-28-33-37-42-47-52-57-62-76(81)89-68-74(95-78(83)64-59-54-49-44-39-34-30-27-29-32-36-40-45-50-55-60-71(4)5)70-93-97(86,87)91-66-72(79)65-90-96(84,85)92-69-73(67-88-75(80)61-56-51-46-41-35-23-20-17-14-11-8-3)94-77(82)63-58-53-48-43-38-31-25-22-19-16-13-10-7-2/h21,24,26,28,71-74,79H,6-20,22-23,25,27,29-70H2,1-5H3,(H,84,85)(H,86,87)/b24-21-,28-26-/t72-,73+,74+/m0/s1. The molecule has 0 spiro atoms. The summed E-state index contributed by atoms with van der Waals surface area (Å²) in [5.41, 5.74) is 0. The van der Waals surface area contributed by atoms with Crippen LogP contribution in [0.15, 0.2) is 24.3 Å². The summed E-state index contributed by atoms with van der Waals surface area (Å²) in [5, 5.41) is 10.6. The zero-order chi connectivity index (χ0) is 71.2. The molecule has 3 N–H and O–H groups in total. The normalized spacial score (nSPS) is 14.1. The van der Waals surface area contributed by atoms with Gasteiger partial charge in [-0.25, -0.2) is 9.13 Å². The highest BCUT2D eigenvalue weighted by molar-refractivity contribution is 7.47. The monoisotopic (exact) mass is 1420 g/mol. The fourth-order valence-corrected chi connectivity index (χ4v) is 13.1. The molecular weight excluding hydrogens is 1270 g/mol. The highest BCUT2D eigenvalue weighted by atomic mass is 31.2. The lowest BCUT2D eigenvalue weighted by Crippen LogP contribution is -2.30. The Kier molecular flexibility index (Phi) is 68.8. The molecule has 0 aromatic carbocycles. The minimum atomic E-state index is -4.97. The molecule has 0 aromatic rings.